The first-order valence-corrected chi connectivity index (χ1v) is 11.4. The number of nitrogens with zero attached hydrogens (tertiary/aromatic N) is 2. The number of carbonyl (C=O) groups is 2. The van der Waals surface area contributed by atoms with E-state index in [0.29, 0.717) is 12.5 Å². The lowest BCUT2D eigenvalue weighted by Crippen LogP contribution is -2.59. The van der Waals surface area contributed by atoms with E-state index in [1.165, 1.54) is 12.8 Å². The average molecular weight is 401 g/mol. The second-order valence-corrected chi connectivity index (χ2v) is 9.12. The number of nitrogens with one attached hydrogen (secondary N) is 1. The van der Waals surface area contributed by atoms with Gasteiger partial charge in [0.2, 0.25) is 5.91 Å². The molecule has 29 heavy (non-hydrogen) atoms. The number of likely N-dealkylation sites (N-methyl/N-ethyl adjacent to an activating group) is 1. The van der Waals surface area contributed by atoms with E-state index >= 15 is 0 Å². The first kappa shape index (κ1) is 21.8. The summed E-state index contributed by atoms with van der Waals surface area (Å²) in [6.45, 7) is 11.2. The molecule has 2 fully saturated rings. The van der Waals surface area contributed by atoms with E-state index in [9.17, 15) is 9.59 Å². The highest BCUT2D eigenvalue weighted by molar-refractivity contribution is 5.93. The molecule has 0 saturated carbocycles. The van der Waals surface area contributed by atoms with Crippen LogP contribution in [0.3, 0.4) is 0 Å². The Labute approximate surface area is 176 Å². The number of benzene rings is 1. The van der Waals surface area contributed by atoms with Gasteiger partial charge in [-0.15, -0.1) is 0 Å². The van der Waals surface area contributed by atoms with Gasteiger partial charge in [-0.2, -0.15) is 0 Å². The van der Waals surface area contributed by atoms with Crippen LogP contribution in [0.15, 0.2) is 18.2 Å². The molecule has 1 aromatic rings. The lowest BCUT2D eigenvalue weighted by molar-refractivity contribution is -0.925. The molecule has 0 aromatic heterocycles. The predicted octanol–water partition coefficient (Wildman–Crippen LogP) is 3.89. The molecular weight excluding hydrogens is 362 g/mol. The van der Waals surface area contributed by atoms with Crippen molar-refractivity contribution in [1.82, 2.24) is 4.90 Å². The van der Waals surface area contributed by atoms with E-state index in [4.69, 9.17) is 0 Å². The number of piperidine rings is 1. The van der Waals surface area contributed by atoms with Crippen LogP contribution >= 0.6 is 0 Å². The highest BCUT2D eigenvalue weighted by Crippen LogP contribution is 2.27. The number of anilines is 1. The molecule has 2 saturated heterocycles. The Morgan fingerprint density at radius 2 is 1.72 bits per heavy atom. The fourth-order valence-corrected chi connectivity index (χ4v) is 5.11. The van der Waals surface area contributed by atoms with Crippen molar-refractivity contribution in [3.05, 3.63) is 29.3 Å². The number of quaternary nitrogens is 1. The summed E-state index contributed by atoms with van der Waals surface area (Å²) < 4.78 is 0.723. The summed E-state index contributed by atoms with van der Waals surface area (Å²) in [5, 5.41) is 3.15. The van der Waals surface area contributed by atoms with Crippen molar-refractivity contribution in [2.24, 2.45) is 5.92 Å². The smallest absolute Gasteiger partial charge is 0.279 e. The monoisotopic (exact) mass is 400 g/mol. The molecule has 2 aliphatic rings. The number of hydrogen-bond donors (Lipinski definition) is 1. The maximum atomic E-state index is 13.2. The zero-order valence-electron chi connectivity index (χ0n) is 18.5. The lowest BCUT2D eigenvalue weighted by Gasteiger charge is -2.43. The van der Waals surface area contributed by atoms with Crippen LogP contribution in [0.2, 0.25) is 0 Å². The molecule has 2 heterocycles. The Morgan fingerprint density at radius 1 is 1.07 bits per heavy atom. The number of likely N-dealkylation sites (tertiary alicyclic amines) is 2. The third kappa shape index (κ3) is 5.39. The van der Waals surface area contributed by atoms with E-state index in [0.717, 1.165) is 79.7 Å². The fraction of sp³-hybridized carbons (Fsp3) is 0.667. The Balaban J connectivity index is 1.66. The van der Waals surface area contributed by atoms with E-state index in [1.54, 1.807) is 0 Å². The number of carbonyl (C=O) groups excluding carboxylic acids is 2. The number of rotatable bonds is 5. The lowest BCUT2D eigenvalue weighted by atomic mass is 9.93. The van der Waals surface area contributed by atoms with Gasteiger partial charge in [-0.05, 0) is 57.6 Å². The van der Waals surface area contributed by atoms with Gasteiger partial charge >= 0.3 is 0 Å². The molecule has 0 radical (unpaired) electrons. The van der Waals surface area contributed by atoms with Crippen molar-refractivity contribution in [2.75, 3.05) is 44.6 Å². The highest BCUT2D eigenvalue weighted by atomic mass is 16.2. The van der Waals surface area contributed by atoms with Gasteiger partial charge in [0.15, 0.2) is 6.54 Å². The Hall–Kier alpha value is -1.88. The van der Waals surface area contributed by atoms with Crippen molar-refractivity contribution in [3.8, 4) is 0 Å². The molecular formula is C24H38N3O2+. The second-order valence-electron chi connectivity index (χ2n) is 9.12. The molecule has 2 amide bonds. The maximum Gasteiger partial charge on any atom is 0.279 e. The van der Waals surface area contributed by atoms with Crippen molar-refractivity contribution in [3.63, 3.8) is 0 Å². The third-order valence-corrected chi connectivity index (χ3v) is 6.96. The second kappa shape index (κ2) is 9.75. The summed E-state index contributed by atoms with van der Waals surface area (Å²) in [6.07, 6.45) is 6.72. The molecule has 1 N–H and O–H groups in total. The zero-order valence-corrected chi connectivity index (χ0v) is 18.5. The molecule has 2 aliphatic heterocycles. The third-order valence-electron chi connectivity index (χ3n) is 6.96. The molecule has 0 bridgehead atoms. The largest absolute Gasteiger partial charge is 0.342 e. The van der Waals surface area contributed by atoms with E-state index in [1.807, 2.05) is 32.0 Å². The van der Waals surface area contributed by atoms with Gasteiger partial charge in [0.05, 0.1) is 25.6 Å². The van der Waals surface area contributed by atoms with Crippen LogP contribution in [0.4, 0.5) is 5.69 Å². The van der Waals surface area contributed by atoms with Crippen LogP contribution in [0, 0.1) is 19.8 Å². The highest BCUT2D eigenvalue weighted by Gasteiger charge is 2.40. The molecule has 5 heteroatoms. The van der Waals surface area contributed by atoms with Gasteiger partial charge in [0.25, 0.3) is 5.91 Å². The van der Waals surface area contributed by atoms with Gasteiger partial charge in [-0.1, -0.05) is 31.0 Å². The number of hydrogen-bond acceptors (Lipinski definition) is 2. The van der Waals surface area contributed by atoms with E-state index in [2.05, 4.69) is 17.1 Å². The first-order chi connectivity index (χ1) is 13.9. The van der Waals surface area contributed by atoms with Gasteiger partial charge < -0.3 is 14.7 Å². The number of aryl methyl sites for hydroxylation is 2. The average Bonchev–Trinajstić information content (AvgIpc) is 3.00. The molecule has 0 aliphatic carbocycles. The standard InChI is InChI=1S/C24H37N3O2/c1-4-27(18-22(28)25-23-19(2)11-9-12-20(23)3)16-10-13-21(17-27)24(29)26-14-7-5-6-8-15-26/h9,11-12,21H,4-8,10,13-18H2,1-3H3/p+1. The molecule has 0 spiro atoms. The summed E-state index contributed by atoms with van der Waals surface area (Å²) in [4.78, 5) is 28.2. The fourth-order valence-electron chi connectivity index (χ4n) is 5.11. The van der Waals surface area contributed by atoms with Crippen LogP contribution < -0.4 is 5.32 Å². The van der Waals surface area contributed by atoms with Crippen LogP contribution in [-0.2, 0) is 9.59 Å². The Bertz CT molecular complexity index is 705. The minimum absolute atomic E-state index is 0.0621. The molecule has 5 nitrogen and oxygen atoms in total. The van der Waals surface area contributed by atoms with Gasteiger partial charge in [0.1, 0.15) is 0 Å². The van der Waals surface area contributed by atoms with Gasteiger partial charge in [0, 0.05) is 18.8 Å². The van der Waals surface area contributed by atoms with Crippen LogP contribution in [0.1, 0.15) is 56.6 Å². The number of para-hydroxylation sites is 1. The summed E-state index contributed by atoms with van der Waals surface area (Å²) in [5.74, 6) is 0.458. The van der Waals surface area contributed by atoms with Crippen molar-refractivity contribution in [2.45, 2.75) is 59.3 Å². The predicted molar refractivity (Wildman–Crippen MR) is 118 cm³/mol. The maximum absolute atomic E-state index is 13.2. The topological polar surface area (TPSA) is 49.4 Å². The van der Waals surface area contributed by atoms with Crippen LogP contribution in [0.5, 0.6) is 0 Å². The van der Waals surface area contributed by atoms with E-state index < -0.39 is 0 Å². The van der Waals surface area contributed by atoms with Gasteiger partial charge in [-0.3, -0.25) is 9.59 Å². The molecule has 2 atom stereocenters. The van der Waals surface area contributed by atoms with Crippen molar-refractivity contribution < 1.29 is 14.1 Å². The molecule has 160 valence electrons. The molecule has 1 aromatic carbocycles. The zero-order chi connectivity index (χ0) is 20.9. The SMILES string of the molecule is CC[N+]1(CC(=O)Nc2c(C)cccc2C)CCCC(C(=O)N2CCCCCC2)C1. The first-order valence-electron chi connectivity index (χ1n) is 11.4. The van der Waals surface area contributed by atoms with E-state index in [-0.39, 0.29) is 11.8 Å². The molecule has 3 rings (SSSR count). The minimum Gasteiger partial charge on any atom is -0.342 e. The quantitative estimate of drug-likeness (QED) is 0.762. The van der Waals surface area contributed by atoms with Crippen molar-refractivity contribution in [1.29, 1.82) is 0 Å². The van der Waals surface area contributed by atoms with Crippen LogP contribution in [0.25, 0.3) is 0 Å². The Kier molecular flexibility index (Phi) is 7.33. The summed E-state index contributed by atoms with van der Waals surface area (Å²) in [5.41, 5.74) is 3.12. The summed E-state index contributed by atoms with van der Waals surface area (Å²) in [6, 6.07) is 6.08. The normalized spacial score (nSPS) is 25.3. The minimum atomic E-state index is 0.0621. The summed E-state index contributed by atoms with van der Waals surface area (Å²) >= 11 is 0. The van der Waals surface area contributed by atoms with Gasteiger partial charge in [-0.25, -0.2) is 0 Å². The van der Waals surface area contributed by atoms with Crippen molar-refractivity contribution >= 4 is 17.5 Å². The Morgan fingerprint density at radius 3 is 2.34 bits per heavy atom. The summed E-state index contributed by atoms with van der Waals surface area (Å²) in [7, 11) is 0. The number of amides is 2. The van der Waals surface area contributed by atoms with Crippen LogP contribution in [-0.4, -0.2) is 60.5 Å². The molecule has 2 unspecified atom stereocenters.